The second-order valence-corrected chi connectivity index (χ2v) is 5.68. The van der Waals surface area contributed by atoms with Crippen LogP contribution in [-0.2, 0) is 19.8 Å². The van der Waals surface area contributed by atoms with Gasteiger partial charge in [-0.15, -0.1) is 0 Å². The molecule has 2 aromatic rings. The Morgan fingerprint density at radius 2 is 2.00 bits per heavy atom. The van der Waals surface area contributed by atoms with Crippen molar-refractivity contribution in [3.05, 3.63) is 41.6 Å². The summed E-state index contributed by atoms with van der Waals surface area (Å²) in [6, 6.07) is 4.50. The number of hydrogen-bond donors (Lipinski definition) is 0. The second kappa shape index (κ2) is 6.31. The summed E-state index contributed by atoms with van der Waals surface area (Å²) in [6.45, 7) is 2.79. The van der Waals surface area contributed by atoms with Gasteiger partial charge in [-0.3, -0.25) is 14.4 Å². The highest BCUT2D eigenvalue weighted by Crippen LogP contribution is 2.29. The van der Waals surface area contributed by atoms with E-state index in [-0.39, 0.29) is 5.69 Å². The Bertz CT molecular complexity index is 701. The highest BCUT2D eigenvalue weighted by molar-refractivity contribution is 5.92. The highest BCUT2D eigenvalue weighted by atomic mass is 19.4. The fourth-order valence-corrected chi connectivity index (χ4v) is 2.73. The van der Waals surface area contributed by atoms with Crippen molar-refractivity contribution in [2.45, 2.75) is 12.7 Å². The van der Waals surface area contributed by atoms with Gasteiger partial charge in [-0.25, -0.2) is 0 Å². The number of halogens is 3. The number of furan rings is 1. The van der Waals surface area contributed by atoms with Gasteiger partial charge in [0.2, 0.25) is 0 Å². The molecule has 1 aliphatic heterocycles. The Labute approximate surface area is 136 Å². The molecule has 3 heterocycles. The molecule has 0 radical (unpaired) electrons. The molecule has 0 N–H and O–H groups in total. The first kappa shape index (κ1) is 16.6. The van der Waals surface area contributed by atoms with Gasteiger partial charge in [0.05, 0.1) is 12.8 Å². The Balaban J connectivity index is 1.61. The lowest BCUT2D eigenvalue weighted by Gasteiger charge is -2.33. The van der Waals surface area contributed by atoms with Crippen LogP contribution >= 0.6 is 0 Å². The van der Waals surface area contributed by atoms with E-state index in [0.29, 0.717) is 37.4 Å². The normalized spacial score (nSPS) is 16.6. The third-order valence-corrected chi connectivity index (χ3v) is 4.01. The number of aromatic nitrogens is 2. The monoisotopic (exact) mass is 342 g/mol. The van der Waals surface area contributed by atoms with Crippen LogP contribution in [-0.4, -0.2) is 51.7 Å². The number of amides is 1. The number of rotatable bonds is 3. The molecule has 2 aromatic heterocycles. The van der Waals surface area contributed by atoms with Gasteiger partial charge in [0.25, 0.3) is 5.91 Å². The lowest BCUT2D eigenvalue weighted by molar-refractivity contribution is -0.143. The van der Waals surface area contributed by atoms with Gasteiger partial charge in [0, 0.05) is 39.3 Å². The number of piperazine rings is 1. The average molecular weight is 342 g/mol. The lowest BCUT2D eigenvalue weighted by Crippen LogP contribution is -2.48. The van der Waals surface area contributed by atoms with Crippen molar-refractivity contribution in [1.82, 2.24) is 19.6 Å². The molecular formula is C15H17F3N4O2. The summed E-state index contributed by atoms with van der Waals surface area (Å²) < 4.78 is 44.4. The number of carbonyl (C=O) groups is 1. The minimum Gasteiger partial charge on any atom is -0.468 e. The first-order valence-electron chi connectivity index (χ1n) is 7.50. The number of alkyl halides is 3. The molecule has 6 nitrogen and oxygen atoms in total. The first-order valence-corrected chi connectivity index (χ1v) is 7.50. The van der Waals surface area contributed by atoms with Crippen molar-refractivity contribution in [3.8, 4) is 0 Å². The van der Waals surface area contributed by atoms with E-state index in [1.807, 2.05) is 12.1 Å². The van der Waals surface area contributed by atoms with Gasteiger partial charge in [0.1, 0.15) is 11.5 Å². The van der Waals surface area contributed by atoms with Crippen LogP contribution in [0.15, 0.2) is 28.9 Å². The zero-order chi connectivity index (χ0) is 17.3. The van der Waals surface area contributed by atoms with Crippen molar-refractivity contribution < 1.29 is 22.4 Å². The summed E-state index contributed by atoms with van der Waals surface area (Å²) in [6.07, 6.45) is -2.92. The summed E-state index contributed by atoms with van der Waals surface area (Å²) in [5.41, 5.74) is -1.10. The van der Waals surface area contributed by atoms with E-state index >= 15 is 0 Å². The second-order valence-electron chi connectivity index (χ2n) is 5.68. The van der Waals surface area contributed by atoms with Crippen molar-refractivity contribution in [3.63, 3.8) is 0 Å². The summed E-state index contributed by atoms with van der Waals surface area (Å²) in [4.78, 5) is 16.0. The molecule has 0 atom stereocenters. The lowest BCUT2D eigenvalue weighted by atomic mass is 10.2. The van der Waals surface area contributed by atoms with E-state index in [0.717, 1.165) is 11.8 Å². The van der Waals surface area contributed by atoms with Gasteiger partial charge >= 0.3 is 6.18 Å². The quantitative estimate of drug-likeness (QED) is 0.856. The van der Waals surface area contributed by atoms with Crippen molar-refractivity contribution in [1.29, 1.82) is 0 Å². The molecule has 24 heavy (non-hydrogen) atoms. The third-order valence-electron chi connectivity index (χ3n) is 4.01. The van der Waals surface area contributed by atoms with Gasteiger partial charge < -0.3 is 9.32 Å². The maximum absolute atomic E-state index is 12.8. The third kappa shape index (κ3) is 3.45. The molecule has 9 heteroatoms. The van der Waals surface area contributed by atoms with Crippen LogP contribution < -0.4 is 0 Å². The molecule has 0 saturated carbocycles. The zero-order valence-electron chi connectivity index (χ0n) is 13.1. The van der Waals surface area contributed by atoms with Crippen LogP contribution in [0.2, 0.25) is 0 Å². The summed E-state index contributed by atoms with van der Waals surface area (Å²) in [7, 11) is 1.18. The molecule has 130 valence electrons. The van der Waals surface area contributed by atoms with Crippen LogP contribution in [0.5, 0.6) is 0 Å². The van der Waals surface area contributed by atoms with Crippen molar-refractivity contribution in [2.24, 2.45) is 7.05 Å². The van der Waals surface area contributed by atoms with Crippen LogP contribution in [0, 0.1) is 0 Å². The average Bonchev–Trinajstić information content (AvgIpc) is 3.16. The predicted octanol–water partition coefficient (Wildman–Crippen LogP) is 1.99. The molecular weight excluding hydrogens is 325 g/mol. The maximum atomic E-state index is 12.8. The maximum Gasteiger partial charge on any atom is 0.433 e. The van der Waals surface area contributed by atoms with Gasteiger partial charge in [-0.2, -0.15) is 18.3 Å². The predicted molar refractivity (Wildman–Crippen MR) is 78.1 cm³/mol. The van der Waals surface area contributed by atoms with Crippen molar-refractivity contribution >= 4 is 5.91 Å². The fourth-order valence-electron chi connectivity index (χ4n) is 2.73. The molecule has 1 aliphatic rings. The van der Waals surface area contributed by atoms with Gasteiger partial charge in [-0.1, -0.05) is 0 Å². The van der Waals surface area contributed by atoms with Crippen molar-refractivity contribution in [2.75, 3.05) is 26.2 Å². The minimum absolute atomic E-state index is 0.177. The summed E-state index contributed by atoms with van der Waals surface area (Å²) in [5.74, 6) is 0.369. The highest BCUT2D eigenvalue weighted by Gasteiger charge is 2.36. The standard InChI is InChI=1S/C15H17F3N4O2/c1-20-13(15(16,17)18)9-12(19-20)14(23)22-6-4-21(5-7-22)10-11-3-2-8-24-11/h2-3,8-9H,4-7,10H2,1H3. The topological polar surface area (TPSA) is 54.5 Å². The van der Waals surface area contributed by atoms with Crippen LogP contribution in [0.1, 0.15) is 21.9 Å². The summed E-state index contributed by atoms with van der Waals surface area (Å²) in [5, 5.41) is 3.71. The van der Waals surface area contributed by atoms with E-state index in [1.54, 1.807) is 6.26 Å². The number of aryl methyl sites for hydroxylation is 1. The number of carbonyl (C=O) groups excluding carboxylic acids is 1. The van der Waals surface area contributed by atoms with Crippen LogP contribution in [0.3, 0.4) is 0 Å². The first-order chi connectivity index (χ1) is 11.3. The van der Waals surface area contributed by atoms with E-state index in [2.05, 4.69) is 10.00 Å². The smallest absolute Gasteiger partial charge is 0.433 e. The SMILES string of the molecule is Cn1nc(C(=O)N2CCN(Cc3ccco3)CC2)cc1C(F)(F)F. The molecule has 0 unspecified atom stereocenters. The van der Waals surface area contributed by atoms with E-state index < -0.39 is 17.8 Å². The Morgan fingerprint density at radius 3 is 2.54 bits per heavy atom. The Hall–Kier alpha value is -2.29. The number of nitrogens with zero attached hydrogens (tertiary/aromatic N) is 4. The fraction of sp³-hybridized carbons (Fsp3) is 0.467. The molecule has 1 amide bonds. The molecule has 0 spiro atoms. The Morgan fingerprint density at radius 1 is 1.29 bits per heavy atom. The minimum atomic E-state index is -4.53. The molecule has 0 aromatic carbocycles. The van der Waals surface area contributed by atoms with E-state index in [9.17, 15) is 18.0 Å². The van der Waals surface area contributed by atoms with Crippen LogP contribution in [0.4, 0.5) is 13.2 Å². The zero-order valence-corrected chi connectivity index (χ0v) is 13.1. The van der Waals surface area contributed by atoms with E-state index in [4.69, 9.17) is 4.42 Å². The largest absolute Gasteiger partial charge is 0.468 e. The van der Waals surface area contributed by atoms with Gasteiger partial charge in [0.15, 0.2) is 5.69 Å². The van der Waals surface area contributed by atoms with Crippen LogP contribution in [0.25, 0.3) is 0 Å². The molecule has 1 fully saturated rings. The molecule has 0 bridgehead atoms. The Kier molecular flexibility index (Phi) is 4.35. The molecule has 3 rings (SSSR count). The van der Waals surface area contributed by atoms with Gasteiger partial charge in [-0.05, 0) is 12.1 Å². The number of hydrogen-bond acceptors (Lipinski definition) is 4. The molecule has 1 saturated heterocycles. The van der Waals surface area contributed by atoms with E-state index in [1.165, 1.54) is 11.9 Å². The molecule has 0 aliphatic carbocycles. The summed E-state index contributed by atoms with van der Waals surface area (Å²) >= 11 is 0.